The first-order valence-electron chi connectivity index (χ1n) is 5.46. The molecule has 0 aliphatic rings. The van der Waals surface area contributed by atoms with Crippen LogP contribution in [0.3, 0.4) is 0 Å². The number of carbonyl (C=O) groups excluding carboxylic acids is 1. The van der Waals surface area contributed by atoms with Crippen molar-refractivity contribution in [3.63, 3.8) is 0 Å². The Morgan fingerprint density at radius 1 is 1.38 bits per heavy atom. The highest BCUT2D eigenvalue weighted by Gasteiger charge is 2.24. The number of aromatic nitrogens is 2. The first kappa shape index (κ1) is 12.7. The molecule has 5 heteroatoms. The van der Waals surface area contributed by atoms with Gasteiger partial charge in [0.15, 0.2) is 0 Å². The molecule has 0 amide bonds. The van der Waals surface area contributed by atoms with Crippen LogP contribution in [0.15, 0.2) is 4.42 Å². The van der Waals surface area contributed by atoms with E-state index >= 15 is 0 Å². The minimum absolute atomic E-state index is 0.0685. The van der Waals surface area contributed by atoms with Gasteiger partial charge >= 0.3 is 11.9 Å². The molecule has 1 heterocycles. The molecule has 0 saturated heterocycles. The lowest BCUT2D eigenvalue weighted by Crippen LogP contribution is -2.11. The molecule has 0 aromatic carbocycles. The van der Waals surface area contributed by atoms with Crippen molar-refractivity contribution < 1.29 is 13.9 Å². The van der Waals surface area contributed by atoms with Gasteiger partial charge in [0.25, 0.3) is 0 Å². The first-order chi connectivity index (χ1) is 7.45. The zero-order chi connectivity index (χ0) is 12.2. The standard InChI is InChI=1S/C11H18N2O3/c1-5-6-7-15-9(14)8-12-13-10(16-8)11(2,3)4/h5-7H2,1-4H3. The molecular formula is C11H18N2O3. The minimum Gasteiger partial charge on any atom is -0.459 e. The van der Waals surface area contributed by atoms with E-state index in [1.165, 1.54) is 0 Å². The van der Waals surface area contributed by atoms with E-state index < -0.39 is 5.97 Å². The lowest BCUT2D eigenvalue weighted by molar-refractivity contribution is 0.0450. The summed E-state index contributed by atoms with van der Waals surface area (Å²) < 4.78 is 10.2. The number of hydrogen-bond donors (Lipinski definition) is 0. The quantitative estimate of drug-likeness (QED) is 0.582. The predicted molar refractivity (Wildman–Crippen MR) is 58.2 cm³/mol. The molecule has 0 aliphatic carbocycles. The third-order valence-corrected chi connectivity index (χ3v) is 1.97. The van der Waals surface area contributed by atoms with Gasteiger partial charge in [0.2, 0.25) is 5.89 Å². The molecule has 0 unspecified atom stereocenters. The van der Waals surface area contributed by atoms with E-state index in [0.29, 0.717) is 12.5 Å². The first-order valence-corrected chi connectivity index (χ1v) is 5.46. The number of esters is 1. The van der Waals surface area contributed by atoms with Crippen molar-refractivity contribution >= 4 is 5.97 Å². The van der Waals surface area contributed by atoms with Crippen LogP contribution in [0, 0.1) is 0 Å². The molecule has 0 spiro atoms. The monoisotopic (exact) mass is 226 g/mol. The van der Waals surface area contributed by atoms with E-state index in [2.05, 4.69) is 10.2 Å². The fraction of sp³-hybridized carbons (Fsp3) is 0.727. The van der Waals surface area contributed by atoms with Crippen LogP contribution in [-0.4, -0.2) is 22.8 Å². The highest BCUT2D eigenvalue weighted by molar-refractivity contribution is 5.83. The topological polar surface area (TPSA) is 65.2 Å². The van der Waals surface area contributed by atoms with E-state index in [1.54, 1.807) is 0 Å². The Balaban J connectivity index is 2.60. The van der Waals surface area contributed by atoms with Crippen LogP contribution in [0.2, 0.25) is 0 Å². The normalized spacial score (nSPS) is 11.5. The Bertz CT molecular complexity index is 352. The maximum absolute atomic E-state index is 11.4. The molecule has 5 nitrogen and oxygen atoms in total. The van der Waals surface area contributed by atoms with Crippen molar-refractivity contribution in [3.8, 4) is 0 Å². The highest BCUT2D eigenvalue weighted by atomic mass is 16.5. The number of rotatable bonds is 4. The molecule has 1 rings (SSSR count). The summed E-state index contributed by atoms with van der Waals surface area (Å²) in [5.74, 6) is -0.174. The fourth-order valence-corrected chi connectivity index (χ4v) is 0.980. The average molecular weight is 226 g/mol. The maximum atomic E-state index is 11.4. The second-order valence-corrected chi connectivity index (χ2v) is 4.65. The molecule has 90 valence electrons. The van der Waals surface area contributed by atoms with E-state index in [1.807, 2.05) is 27.7 Å². The maximum Gasteiger partial charge on any atom is 0.396 e. The molecule has 0 N–H and O–H groups in total. The fourth-order valence-electron chi connectivity index (χ4n) is 0.980. The van der Waals surface area contributed by atoms with Gasteiger partial charge in [0.05, 0.1) is 6.61 Å². The van der Waals surface area contributed by atoms with Gasteiger partial charge in [-0.25, -0.2) is 4.79 Å². The number of unbranched alkanes of at least 4 members (excludes halogenated alkanes) is 1. The van der Waals surface area contributed by atoms with Crippen LogP contribution in [0.25, 0.3) is 0 Å². The van der Waals surface area contributed by atoms with Crippen molar-refractivity contribution in [3.05, 3.63) is 11.8 Å². The molecule has 1 aromatic heterocycles. The SMILES string of the molecule is CCCCOC(=O)c1nnc(C(C)(C)C)o1. The van der Waals surface area contributed by atoms with Crippen LogP contribution in [0.5, 0.6) is 0 Å². The van der Waals surface area contributed by atoms with E-state index in [0.717, 1.165) is 12.8 Å². The summed E-state index contributed by atoms with van der Waals surface area (Å²) in [5.41, 5.74) is -0.255. The average Bonchev–Trinajstić information content (AvgIpc) is 2.66. The third-order valence-electron chi connectivity index (χ3n) is 1.97. The highest BCUT2D eigenvalue weighted by Crippen LogP contribution is 2.20. The van der Waals surface area contributed by atoms with Crippen molar-refractivity contribution in [2.24, 2.45) is 0 Å². The predicted octanol–water partition coefficient (Wildman–Crippen LogP) is 2.32. The van der Waals surface area contributed by atoms with Gasteiger partial charge in [0.1, 0.15) is 0 Å². The lowest BCUT2D eigenvalue weighted by Gasteiger charge is -2.10. The van der Waals surface area contributed by atoms with Gasteiger partial charge in [-0.3, -0.25) is 0 Å². The van der Waals surface area contributed by atoms with E-state index in [4.69, 9.17) is 9.15 Å². The number of ether oxygens (including phenoxy) is 1. The molecule has 1 aromatic rings. The van der Waals surface area contributed by atoms with Crippen molar-refractivity contribution in [2.45, 2.75) is 46.0 Å². The Hall–Kier alpha value is -1.39. The summed E-state index contributed by atoms with van der Waals surface area (Å²) >= 11 is 0. The second-order valence-electron chi connectivity index (χ2n) is 4.65. The van der Waals surface area contributed by atoms with Crippen LogP contribution >= 0.6 is 0 Å². The molecule has 0 aliphatic heterocycles. The summed E-state index contributed by atoms with van der Waals surface area (Å²) in [6, 6.07) is 0. The summed E-state index contributed by atoms with van der Waals surface area (Å²) in [7, 11) is 0. The Morgan fingerprint density at radius 2 is 2.06 bits per heavy atom. The molecule has 0 bridgehead atoms. The Kier molecular flexibility index (Phi) is 4.04. The van der Waals surface area contributed by atoms with Crippen LogP contribution in [0.1, 0.15) is 57.1 Å². The molecule has 0 radical (unpaired) electrons. The number of hydrogen-bond acceptors (Lipinski definition) is 5. The second kappa shape index (κ2) is 5.09. The van der Waals surface area contributed by atoms with Gasteiger partial charge in [-0.1, -0.05) is 34.1 Å². The minimum atomic E-state index is -0.545. The zero-order valence-electron chi connectivity index (χ0n) is 10.2. The van der Waals surface area contributed by atoms with Crippen LogP contribution in [-0.2, 0) is 10.2 Å². The van der Waals surface area contributed by atoms with E-state index in [-0.39, 0.29) is 11.3 Å². The van der Waals surface area contributed by atoms with Gasteiger partial charge in [-0.2, -0.15) is 0 Å². The largest absolute Gasteiger partial charge is 0.459 e. The van der Waals surface area contributed by atoms with Crippen molar-refractivity contribution in [1.29, 1.82) is 0 Å². The van der Waals surface area contributed by atoms with Gasteiger partial charge < -0.3 is 9.15 Å². The van der Waals surface area contributed by atoms with Gasteiger partial charge in [-0.15, -0.1) is 10.2 Å². The molecule has 0 saturated carbocycles. The number of nitrogens with zero attached hydrogens (tertiary/aromatic N) is 2. The van der Waals surface area contributed by atoms with Crippen molar-refractivity contribution in [1.82, 2.24) is 10.2 Å². The third kappa shape index (κ3) is 3.32. The molecule has 0 fully saturated rings. The number of carbonyl (C=O) groups is 1. The zero-order valence-corrected chi connectivity index (χ0v) is 10.2. The van der Waals surface area contributed by atoms with Crippen molar-refractivity contribution in [2.75, 3.05) is 6.61 Å². The lowest BCUT2D eigenvalue weighted by atomic mass is 9.97. The summed E-state index contributed by atoms with van der Waals surface area (Å²) in [5, 5.41) is 7.49. The molecule has 0 atom stereocenters. The molecular weight excluding hydrogens is 208 g/mol. The summed E-state index contributed by atoms with van der Waals surface area (Å²) in [4.78, 5) is 11.4. The molecule has 16 heavy (non-hydrogen) atoms. The Labute approximate surface area is 95.2 Å². The van der Waals surface area contributed by atoms with Gasteiger partial charge in [-0.05, 0) is 6.42 Å². The van der Waals surface area contributed by atoms with Crippen LogP contribution in [0.4, 0.5) is 0 Å². The Morgan fingerprint density at radius 3 is 2.56 bits per heavy atom. The summed E-state index contributed by atoms with van der Waals surface area (Å²) in [6.07, 6.45) is 1.82. The van der Waals surface area contributed by atoms with Gasteiger partial charge in [0, 0.05) is 5.41 Å². The smallest absolute Gasteiger partial charge is 0.396 e. The van der Waals surface area contributed by atoms with Crippen LogP contribution < -0.4 is 0 Å². The summed E-state index contributed by atoms with van der Waals surface area (Å²) in [6.45, 7) is 8.23. The van der Waals surface area contributed by atoms with E-state index in [9.17, 15) is 4.79 Å².